The van der Waals surface area contributed by atoms with Gasteiger partial charge in [-0.15, -0.1) is 0 Å². The second kappa shape index (κ2) is 7.63. The molecule has 1 amide bonds. The number of benzene rings is 1. The zero-order valence-electron chi connectivity index (χ0n) is 11.2. The van der Waals surface area contributed by atoms with Crippen molar-refractivity contribution in [3.8, 4) is 5.75 Å². The number of carboxylic acid groups (broad SMARTS) is 1. The maximum Gasteiger partial charge on any atom is 0.328 e. The van der Waals surface area contributed by atoms with E-state index in [9.17, 15) is 19.7 Å². The number of nitro groups is 1. The highest BCUT2D eigenvalue weighted by Crippen LogP contribution is 2.28. The maximum atomic E-state index is 11.3. The summed E-state index contributed by atoms with van der Waals surface area (Å²) in [7, 11) is 0. The van der Waals surface area contributed by atoms with Gasteiger partial charge in [-0.05, 0) is 24.6 Å². The highest BCUT2D eigenvalue weighted by atomic mass is 16.6. The van der Waals surface area contributed by atoms with Crippen molar-refractivity contribution >= 4 is 23.6 Å². The van der Waals surface area contributed by atoms with Crippen LogP contribution in [0.2, 0.25) is 0 Å². The smallest absolute Gasteiger partial charge is 0.328 e. The number of aliphatic carboxylic acids is 1. The van der Waals surface area contributed by atoms with Crippen molar-refractivity contribution in [2.24, 2.45) is 0 Å². The Bertz CT molecular complexity index is 582. The molecule has 0 aromatic heterocycles. The van der Waals surface area contributed by atoms with E-state index >= 15 is 0 Å². The van der Waals surface area contributed by atoms with Crippen LogP contribution in [0.4, 0.5) is 5.69 Å². The summed E-state index contributed by atoms with van der Waals surface area (Å²) < 4.78 is 5.10. The van der Waals surface area contributed by atoms with E-state index in [4.69, 9.17) is 9.84 Å². The Kier molecular flexibility index (Phi) is 5.87. The first-order valence-corrected chi connectivity index (χ1v) is 6.03. The number of ether oxygens (including phenoxy) is 1. The molecule has 0 saturated heterocycles. The van der Waals surface area contributed by atoms with Crippen LogP contribution in [0.25, 0.3) is 6.08 Å². The quantitative estimate of drug-likeness (QED) is 0.443. The molecule has 8 nitrogen and oxygen atoms in total. The number of amides is 1. The Balaban J connectivity index is 2.92. The van der Waals surface area contributed by atoms with Crippen LogP contribution in [0.3, 0.4) is 0 Å². The Morgan fingerprint density at radius 1 is 1.48 bits per heavy atom. The van der Waals surface area contributed by atoms with Crippen LogP contribution < -0.4 is 10.1 Å². The van der Waals surface area contributed by atoms with Crippen LogP contribution in [0.5, 0.6) is 5.75 Å². The third kappa shape index (κ3) is 5.31. The molecule has 0 fully saturated rings. The first-order valence-electron chi connectivity index (χ1n) is 6.03. The average Bonchev–Trinajstić information content (AvgIpc) is 2.43. The summed E-state index contributed by atoms with van der Waals surface area (Å²) in [4.78, 5) is 32.0. The van der Waals surface area contributed by atoms with Crippen LogP contribution in [0.1, 0.15) is 12.5 Å². The number of carboxylic acids is 1. The summed E-state index contributed by atoms with van der Waals surface area (Å²) >= 11 is 0. The molecule has 0 saturated carbocycles. The molecule has 0 unspecified atom stereocenters. The van der Waals surface area contributed by atoms with Gasteiger partial charge in [-0.3, -0.25) is 14.9 Å². The van der Waals surface area contributed by atoms with Crippen LogP contribution in [-0.2, 0) is 9.59 Å². The first-order chi connectivity index (χ1) is 9.93. The van der Waals surface area contributed by atoms with Gasteiger partial charge in [0.05, 0.1) is 4.92 Å². The van der Waals surface area contributed by atoms with Crippen LogP contribution in [0, 0.1) is 10.1 Å². The van der Waals surface area contributed by atoms with Crippen molar-refractivity contribution < 1.29 is 24.4 Å². The maximum absolute atomic E-state index is 11.3. The van der Waals surface area contributed by atoms with Crippen molar-refractivity contribution in [2.75, 3.05) is 13.2 Å². The summed E-state index contributed by atoms with van der Waals surface area (Å²) in [5, 5.41) is 22.0. The zero-order valence-corrected chi connectivity index (χ0v) is 11.2. The van der Waals surface area contributed by atoms with Gasteiger partial charge in [-0.1, -0.05) is 6.07 Å². The van der Waals surface area contributed by atoms with Crippen LogP contribution in [0.15, 0.2) is 24.3 Å². The van der Waals surface area contributed by atoms with Crippen molar-refractivity contribution in [2.45, 2.75) is 6.92 Å². The number of nitrogens with one attached hydrogen (secondary N) is 1. The van der Waals surface area contributed by atoms with Gasteiger partial charge in [-0.2, -0.15) is 0 Å². The van der Waals surface area contributed by atoms with E-state index in [0.29, 0.717) is 12.1 Å². The van der Waals surface area contributed by atoms with E-state index in [1.807, 2.05) is 0 Å². The summed E-state index contributed by atoms with van der Waals surface area (Å²) in [6, 6.07) is 3.95. The second-order valence-corrected chi connectivity index (χ2v) is 3.90. The molecular weight excluding hydrogens is 280 g/mol. The number of carbonyl (C=O) groups is 2. The minimum atomic E-state index is -1.16. The minimum absolute atomic E-state index is 0.0567. The van der Waals surface area contributed by atoms with Gasteiger partial charge >= 0.3 is 11.7 Å². The molecule has 8 heteroatoms. The van der Waals surface area contributed by atoms with E-state index < -0.39 is 10.9 Å². The molecule has 0 atom stereocenters. The molecule has 2 N–H and O–H groups in total. The molecule has 0 radical (unpaired) electrons. The molecule has 0 bridgehead atoms. The average molecular weight is 294 g/mol. The summed E-state index contributed by atoms with van der Waals surface area (Å²) in [5.41, 5.74) is 0.00120. The molecule has 1 rings (SSSR count). The molecule has 1 aromatic rings. The van der Waals surface area contributed by atoms with E-state index in [1.54, 1.807) is 6.92 Å². The normalized spacial score (nSPS) is 10.3. The Labute approximate surface area is 120 Å². The predicted octanol–water partition coefficient (Wildman–Crippen LogP) is 1.21. The Hall–Kier alpha value is -2.90. The molecule has 0 spiro atoms. The number of hydrogen-bond acceptors (Lipinski definition) is 5. The molecule has 1 aromatic carbocycles. The van der Waals surface area contributed by atoms with Crippen molar-refractivity contribution in [3.63, 3.8) is 0 Å². The highest BCUT2D eigenvalue weighted by molar-refractivity contribution is 5.85. The molecule has 0 heterocycles. The van der Waals surface area contributed by atoms with Gasteiger partial charge in [-0.25, -0.2) is 4.79 Å². The predicted molar refractivity (Wildman–Crippen MR) is 73.9 cm³/mol. The van der Waals surface area contributed by atoms with Crippen molar-refractivity contribution in [1.82, 2.24) is 5.32 Å². The zero-order chi connectivity index (χ0) is 15.8. The summed E-state index contributed by atoms with van der Waals surface area (Å²) in [6.45, 7) is 1.84. The topological polar surface area (TPSA) is 119 Å². The summed E-state index contributed by atoms with van der Waals surface area (Å²) in [5.74, 6) is -1.60. The lowest BCUT2D eigenvalue weighted by Crippen LogP contribution is -2.28. The summed E-state index contributed by atoms with van der Waals surface area (Å²) in [6.07, 6.45) is 2.09. The fourth-order valence-electron chi connectivity index (χ4n) is 1.46. The number of rotatable bonds is 7. The molecule has 0 aliphatic carbocycles. The van der Waals surface area contributed by atoms with Gasteiger partial charge in [0.2, 0.25) is 0 Å². The largest absolute Gasteiger partial charge is 0.478 e. The fraction of sp³-hybridized carbons (Fsp3) is 0.231. The van der Waals surface area contributed by atoms with E-state index in [0.717, 1.165) is 6.08 Å². The Morgan fingerprint density at radius 3 is 2.76 bits per heavy atom. The number of carbonyl (C=O) groups excluding carboxylic acids is 1. The van der Waals surface area contributed by atoms with Crippen molar-refractivity contribution in [1.29, 1.82) is 0 Å². The molecule has 112 valence electrons. The van der Waals surface area contributed by atoms with Gasteiger partial charge < -0.3 is 15.2 Å². The molecule has 0 aliphatic heterocycles. The van der Waals surface area contributed by atoms with E-state index in [-0.39, 0.29) is 24.0 Å². The lowest BCUT2D eigenvalue weighted by molar-refractivity contribution is -0.385. The number of likely N-dealkylation sites (N-methyl/N-ethyl adjacent to an activating group) is 1. The van der Waals surface area contributed by atoms with E-state index in [1.165, 1.54) is 24.3 Å². The van der Waals surface area contributed by atoms with Crippen LogP contribution in [-0.4, -0.2) is 35.1 Å². The van der Waals surface area contributed by atoms with Gasteiger partial charge in [0, 0.05) is 18.7 Å². The lowest BCUT2D eigenvalue weighted by Gasteiger charge is -2.07. The third-order valence-electron chi connectivity index (χ3n) is 2.33. The monoisotopic (exact) mass is 294 g/mol. The fourth-order valence-corrected chi connectivity index (χ4v) is 1.46. The Morgan fingerprint density at radius 2 is 2.19 bits per heavy atom. The number of hydrogen-bond donors (Lipinski definition) is 2. The lowest BCUT2D eigenvalue weighted by atomic mass is 10.1. The molecule has 0 aliphatic rings. The number of nitrogens with zero attached hydrogens (tertiary/aromatic N) is 1. The highest BCUT2D eigenvalue weighted by Gasteiger charge is 2.16. The minimum Gasteiger partial charge on any atom is -0.478 e. The van der Waals surface area contributed by atoms with Gasteiger partial charge in [0.25, 0.3) is 5.91 Å². The first kappa shape index (κ1) is 16.2. The second-order valence-electron chi connectivity index (χ2n) is 3.90. The van der Waals surface area contributed by atoms with Gasteiger partial charge in [0.1, 0.15) is 0 Å². The SMILES string of the molecule is CCNC(=O)COc1ccc(/C=C/C(=O)O)cc1[N+](=O)[O-]. The molecule has 21 heavy (non-hydrogen) atoms. The third-order valence-corrected chi connectivity index (χ3v) is 2.33. The van der Waals surface area contributed by atoms with E-state index in [2.05, 4.69) is 5.32 Å². The van der Waals surface area contributed by atoms with Crippen molar-refractivity contribution in [3.05, 3.63) is 40.0 Å². The standard InChI is InChI=1S/C13H14N2O6/c1-2-14-12(16)8-21-11-5-3-9(4-6-13(17)18)7-10(11)15(19)20/h3-7H,2,8H2,1H3,(H,14,16)(H,17,18)/b6-4+. The van der Waals surface area contributed by atoms with Gasteiger partial charge in [0.15, 0.2) is 12.4 Å². The van der Waals surface area contributed by atoms with Crippen LogP contribution >= 0.6 is 0 Å². The number of nitro benzene ring substituents is 1. The molecular formula is C13H14N2O6.